The third-order valence-electron chi connectivity index (χ3n) is 4.78. The number of carboxylic acids is 1. The quantitative estimate of drug-likeness (QED) is 0.552. The smallest absolute Gasteiger partial charge is 0.475 e. The fraction of sp³-hybridized carbons (Fsp3) is 0.286. The molecule has 0 bridgehead atoms. The molecule has 13 heteroatoms. The SMILES string of the molecule is O=C(O)C(F)(F)F.O=C(c1cccc(F)c1)N1Cc2ccnn2CC(CNc2ncccn2)C1. The molecule has 34 heavy (non-hydrogen) atoms. The zero-order valence-corrected chi connectivity index (χ0v) is 17.6. The van der Waals surface area contributed by atoms with Crippen LogP contribution in [0.3, 0.4) is 0 Å². The first-order valence-corrected chi connectivity index (χ1v) is 10.00. The van der Waals surface area contributed by atoms with Crippen molar-refractivity contribution in [3.8, 4) is 0 Å². The van der Waals surface area contributed by atoms with E-state index >= 15 is 0 Å². The second kappa shape index (κ2) is 10.7. The van der Waals surface area contributed by atoms with Crippen molar-refractivity contribution in [1.82, 2.24) is 24.6 Å². The standard InChI is InChI=1S/C19H19FN6O.C2HF3O2/c20-16-4-1-3-15(9-16)18(27)25-11-14(10-23-19-21-6-2-7-22-19)12-26-17(13-25)5-8-24-26;3-2(4,5)1(6)7/h1-9,14H,10-13H2,(H,21,22,23);(H,6,7). The Labute approximate surface area is 191 Å². The number of aromatic nitrogens is 4. The van der Waals surface area contributed by atoms with E-state index in [9.17, 15) is 22.4 Å². The molecule has 2 N–H and O–H groups in total. The van der Waals surface area contributed by atoms with Crippen molar-refractivity contribution < 1.29 is 32.3 Å². The first kappa shape index (κ1) is 24.6. The first-order valence-electron chi connectivity index (χ1n) is 10.00. The summed E-state index contributed by atoms with van der Waals surface area (Å²) >= 11 is 0. The van der Waals surface area contributed by atoms with Crippen LogP contribution in [0.15, 0.2) is 55.0 Å². The molecular formula is C21H20F4N6O3. The Hall–Kier alpha value is -4.03. The monoisotopic (exact) mass is 480 g/mol. The summed E-state index contributed by atoms with van der Waals surface area (Å²) in [4.78, 5) is 31.9. The molecule has 0 fully saturated rings. The van der Waals surface area contributed by atoms with E-state index in [0.29, 0.717) is 37.7 Å². The molecule has 0 aliphatic carbocycles. The number of hydrogen-bond donors (Lipinski definition) is 2. The van der Waals surface area contributed by atoms with Gasteiger partial charge in [0, 0.05) is 49.7 Å². The van der Waals surface area contributed by atoms with Gasteiger partial charge in [-0.1, -0.05) is 6.07 Å². The van der Waals surface area contributed by atoms with Crippen molar-refractivity contribution in [1.29, 1.82) is 0 Å². The lowest BCUT2D eigenvalue weighted by molar-refractivity contribution is -0.192. The summed E-state index contributed by atoms with van der Waals surface area (Å²) in [5, 5.41) is 14.7. The second-order valence-corrected chi connectivity index (χ2v) is 7.32. The molecule has 180 valence electrons. The van der Waals surface area contributed by atoms with Crippen LogP contribution in [-0.4, -0.2) is 60.9 Å². The van der Waals surface area contributed by atoms with E-state index in [1.54, 1.807) is 41.7 Å². The number of alkyl halides is 3. The molecule has 1 aliphatic heterocycles. The molecule has 9 nitrogen and oxygen atoms in total. The Morgan fingerprint density at radius 3 is 2.44 bits per heavy atom. The highest BCUT2D eigenvalue weighted by atomic mass is 19.4. The number of halogens is 4. The number of hydrogen-bond acceptors (Lipinski definition) is 6. The van der Waals surface area contributed by atoms with E-state index in [2.05, 4.69) is 20.4 Å². The summed E-state index contributed by atoms with van der Waals surface area (Å²) in [5.74, 6) is -2.71. The molecule has 4 rings (SSSR count). The maximum absolute atomic E-state index is 13.5. The Morgan fingerprint density at radius 2 is 1.79 bits per heavy atom. The van der Waals surface area contributed by atoms with Gasteiger partial charge in [-0.15, -0.1) is 0 Å². The number of nitrogens with zero attached hydrogens (tertiary/aromatic N) is 5. The van der Waals surface area contributed by atoms with Gasteiger partial charge >= 0.3 is 12.1 Å². The van der Waals surface area contributed by atoms with E-state index in [1.807, 2.05) is 10.7 Å². The fourth-order valence-electron chi connectivity index (χ4n) is 3.25. The molecule has 3 heterocycles. The molecule has 1 aliphatic rings. The van der Waals surface area contributed by atoms with Gasteiger partial charge in [-0.25, -0.2) is 19.2 Å². The Bertz CT molecular complexity index is 1120. The second-order valence-electron chi connectivity index (χ2n) is 7.32. The minimum absolute atomic E-state index is 0.104. The Balaban J connectivity index is 0.000000406. The van der Waals surface area contributed by atoms with Crippen molar-refractivity contribution in [3.05, 3.63) is 72.1 Å². The van der Waals surface area contributed by atoms with Gasteiger partial charge in [0.1, 0.15) is 5.82 Å². The normalized spacial score (nSPS) is 15.4. The molecule has 0 spiro atoms. The van der Waals surface area contributed by atoms with Crippen LogP contribution in [0.1, 0.15) is 16.1 Å². The largest absolute Gasteiger partial charge is 0.490 e. The van der Waals surface area contributed by atoms with E-state index < -0.39 is 18.0 Å². The van der Waals surface area contributed by atoms with Crippen molar-refractivity contribution in [2.45, 2.75) is 19.3 Å². The van der Waals surface area contributed by atoms with Gasteiger partial charge in [0.05, 0.1) is 12.2 Å². The van der Waals surface area contributed by atoms with Gasteiger partial charge in [-0.3, -0.25) is 9.48 Å². The Morgan fingerprint density at radius 1 is 1.09 bits per heavy atom. The van der Waals surface area contributed by atoms with Crippen LogP contribution in [0.5, 0.6) is 0 Å². The zero-order valence-electron chi connectivity index (χ0n) is 17.6. The van der Waals surface area contributed by atoms with E-state index in [4.69, 9.17) is 9.90 Å². The van der Waals surface area contributed by atoms with Crippen molar-refractivity contribution in [2.75, 3.05) is 18.4 Å². The van der Waals surface area contributed by atoms with Crippen LogP contribution in [0.25, 0.3) is 0 Å². The van der Waals surface area contributed by atoms with Gasteiger partial charge in [0.25, 0.3) is 5.91 Å². The topological polar surface area (TPSA) is 113 Å². The van der Waals surface area contributed by atoms with Gasteiger partial charge < -0.3 is 15.3 Å². The number of rotatable bonds is 4. The number of benzene rings is 1. The van der Waals surface area contributed by atoms with E-state index in [1.165, 1.54) is 12.1 Å². The minimum atomic E-state index is -5.08. The molecule has 0 radical (unpaired) electrons. The zero-order chi connectivity index (χ0) is 24.7. The van der Waals surface area contributed by atoms with Crippen LogP contribution in [-0.2, 0) is 17.9 Å². The number of nitrogens with one attached hydrogen (secondary N) is 1. The number of carboxylic acid groups (broad SMARTS) is 1. The third kappa shape index (κ3) is 6.73. The average molecular weight is 480 g/mol. The summed E-state index contributed by atoms with van der Waals surface area (Å²) in [6.07, 6.45) is -0.00207. The Kier molecular flexibility index (Phi) is 7.76. The maximum atomic E-state index is 13.5. The van der Waals surface area contributed by atoms with Crippen LogP contribution in [0.4, 0.5) is 23.5 Å². The summed E-state index contributed by atoms with van der Waals surface area (Å²) < 4.78 is 47.2. The highest BCUT2D eigenvalue weighted by molar-refractivity contribution is 5.94. The first-order chi connectivity index (χ1) is 16.1. The molecular weight excluding hydrogens is 460 g/mol. The predicted molar refractivity (Wildman–Crippen MR) is 111 cm³/mol. The number of carbonyl (C=O) groups excluding carboxylic acids is 1. The molecule has 1 unspecified atom stereocenters. The summed E-state index contributed by atoms with van der Waals surface area (Å²) in [7, 11) is 0. The molecule has 1 atom stereocenters. The van der Waals surface area contributed by atoms with Gasteiger partial charge in [0.15, 0.2) is 0 Å². The van der Waals surface area contributed by atoms with E-state index in [-0.39, 0.29) is 11.8 Å². The molecule has 3 aromatic rings. The number of amides is 1. The van der Waals surface area contributed by atoms with Gasteiger partial charge in [0.2, 0.25) is 5.95 Å². The average Bonchev–Trinajstić information content (AvgIpc) is 3.15. The lowest BCUT2D eigenvalue weighted by atomic mass is 10.1. The van der Waals surface area contributed by atoms with Crippen molar-refractivity contribution in [3.63, 3.8) is 0 Å². The molecule has 2 aromatic heterocycles. The molecule has 1 aromatic carbocycles. The lowest BCUT2D eigenvalue weighted by Crippen LogP contribution is -2.36. The number of fused-ring (bicyclic) bond motifs is 1. The van der Waals surface area contributed by atoms with Gasteiger partial charge in [-0.2, -0.15) is 18.3 Å². The highest BCUT2D eigenvalue weighted by Crippen LogP contribution is 2.19. The van der Waals surface area contributed by atoms with Crippen molar-refractivity contribution >= 4 is 17.8 Å². The number of aliphatic carboxylic acids is 1. The lowest BCUT2D eigenvalue weighted by Gasteiger charge is -2.24. The summed E-state index contributed by atoms with van der Waals surface area (Å²) in [6, 6.07) is 9.46. The molecule has 0 saturated heterocycles. The predicted octanol–water partition coefficient (Wildman–Crippen LogP) is 2.83. The van der Waals surface area contributed by atoms with Crippen LogP contribution >= 0.6 is 0 Å². The van der Waals surface area contributed by atoms with Crippen molar-refractivity contribution in [2.24, 2.45) is 5.92 Å². The summed E-state index contributed by atoms with van der Waals surface area (Å²) in [6.45, 7) is 2.23. The van der Waals surface area contributed by atoms with Crippen LogP contribution in [0.2, 0.25) is 0 Å². The van der Waals surface area contributed by atoms with Gasteiger partial charge in [-0.05, 0) is 30.3 Å². The highest BCUT2D eigenvalue weighted by Gasteiger charge is 2.38. The third-order valence-corrected chi connectivity index (χ3v) is 4.78. The maximum Gasteiger partial charge on any atom is 0.490 e. The number of anilines is 1. The van der Waals surface area contributed by atoms with E-state index in [0.717, 1.165) is 5.69 Å². The molecule has 0 saturated carbocycles. The van der Waals surface area contributed by atoms with Crippen LogP contribution in [0, 0.1) is 11.7 Å². The minimum Gasteiger partial charge on any atom is -0.475 e. The summed E-state index contributed by atoms with van der Waals surface area (Å²) in [5.41, 5.74) is 1.30. The van der Waals surface area contributed by atoms with Crippen LogP contribution < -0.4 is 5.32 Å². The molecule has 1 amide bonds. The fourth-order valence-corrected chi connectivity index (χ4v) is 3.25. The number of carbonyl (C=O) groups is 2.